The van der Waals surface area contributed by atoms with Crippen molar-refractivity contribution in [2.24, 2.45) is 0 Å². The number of amides is 4. The largest absolute Gasteiger partial charge is 0.459 e. The minimum atomic E-state index is -0.535. The maximum Gasteiger partial charge on any atom is 0.287 e. The van der Waals surface area contributed by atoms with Gasteiger partial charge in [-0.25, -0.2) is 0 Å². The molecule has 1 aromatic heterocycles. The van der Waals surface area contributed by atoms with E-state index in [9.17, 15) is 19.2 Å². The molecule has 0 aliphatic carbocycles. The molecule has 0 radical (unpaired) electrons. The molecule has 9 heteroatoms. The van der Waals surface area contributed by atoms with Crippen LogP contribution in [0.1, 0.15) is 27.2 Å². The molecule has 0 aliphatic rings. The molecular formula is C21H26N4O5. The molecule has 2 aromatic rings. The lowest BCUT2D eigenvalue weighted by Gasteiger charge is -2.18. The third-order valence-electron chi connectivity index (χ3n) is 4.34. The second-order valence-electron chi connectivity index (χ2n) is 7.01. The Morgan fingerprint density at radius 1 is 0.967 bits per heavy atom. The van der Waals surface area contributed by atoms with E-state index in [2.05, 4.69) is 16.0 Å². The predicted octanol–water partition coefficient (Wildman–Crippen LogP) is 1.15. The Bertz CT molecular complexity index is 914. The van der Waals surface area contributed by atoms with Gasteiger partial charge in [-0.05, 0) is 44.0 Å². The monoisotopic (exact) mass is 414 g/mol. The first-order valence-corrected chi connectivity index (χ1v) is 9.37. The van der Waals surface area contributed by atoms with Crippen molar-refractivity contribution in [2.75, 3.05) is 32.0 Å². The first-order chi connectivity index (χ1) is 14.2. The summed E-state index contributed by atoms with van der Waals surface area (Å²) in [5, 5.41) is 7.61. The molecule has 30 heavy (non-hydrogen) atoms. The van der Waals surface area contributed by atoms with Crippen molar-refractivity contribution >= 4 is 29.3 Å². The zero-order valence-electron chi connectivity index (χ0n) is 17.5. The second kappa shape index (κ2) is 10.2. The molecule has 0 unspecified atom stereocenters. The van der Waals surface area contributed by atoms with Crippen molar-refractivity contribution in [3.05, 3.63) is 53.0 Å². The van der Waals surface area contributed by atoms with Gasteiger partial charge in [-0.3, -0.25) is 19.2 Å². The first-order valence-electron chi connectivity index (χ1n) is 9.37. The van der Waals surface area contributed by atoms with E-state index in [1.807, 2.05) is 32.9 Å². The number of anilines is 1. The van der Waals surface area contributed by atoms with Gasteiger partial charge in [0.1, 0.15) is 0 Å². The van der Waals surface area contributed by atoms with Gasteiger partial charge in [0.2, 0.25) is 17.7 Å². The normalized spacial score (nSPS) is 10.3. The Kier molecular flexibility index (Phi) is 7.74. The summed E-state index contributed by atoms with van der Waals surface area (Å²) < 4.78 is 4.91. The zero-order chi connectivity index (χ0) is 22.3. The van der Waals surface area contributed by atoms with Crippen LogP contribution in [0.4, 0.5) is 5.69 Å². The molecule has 3 N–H and O–H groups in total. The molecule has 1 aromatic carbocycles. The van der Waals surface area contributed by atoms with Crippen LogP contribution in [0.2, 0.25) is 0 Å². The molecule has 0 saturated heterocycles. The number of carbonyl (C=O) groups is 4. The van der Waals surface area contributed by atoms with Crippen molar-refractivity contribution in [1.82, 2.24) is 15.5 Å². The van der Waals surface area contributed by atoms with Gasteiger partial charge >= 0.3 is 0 Å². The summed E-state index contributed by atoms with van der Waals surface area (Å²) >= 11 is 0. The van der Waals surface area contributed by atoms with Crippen LogP contribution >= 0.6 is 0 Å². The topological polar surface area (TPSA) is 121 Å². The third-order valence-corrected chi connectivity index (χ3v) is 4.34. The number of likely N-dealkylation sites (N-methyl/N-ethyl adjacent to an activating group) is 1. The Morgan fingerprint density at radius 3 is 2.23 bits per heavy atom. The van der Waals surface area contributed by atoms with Crippen molar-refractivity contribution in [1.29, 1.82) is 0 Å². The van der Waals surface area contributed by atoms with Gasteiger partial charge in [0.15, 0.2) is 5.76 Å². The average Bonchev–Trinajstić information content (AvgIpc) is 3.21. The molecule has 2 rings (SSSR count). The third kappa shape index (κ3) is 6.47. The van der Waals surface area contributed by atoms with Crippen molar-refractivity contribution in [3.63, 3.8) is 0 Å². The molecule has 0 bridgehead atoms. The van der Waals surface area contributed by atoms with Crippen LogP contribution in [-0.2, 0) is 14.4 Å². The number of nitrogens with zero attached hydrogens (tertiary/aromatic N) is 1. The number of rotatable bonds is 8. The first kappa shape index (κ1) is 22.7. The van der Waals surface area contributed by atoms with Gasteiger partial charge in [-0.2, -0.15) is 0 Å². The fourth-order valence-electron chi connectivity index (χ4n) is 2.89. The Hall–Kier alpha value is -3.62. The number of nitrogens with one attached hydrogen (secondary N) is 3. The van der Waals surface area contributed by atoms with Gasteiger partial charge in [-0.15, -0.1) is 0 Å². The highest BCUT2D eigenvalue weighted by Gasteiger charge is 2.16. The summed E-state index contributed by atoms with van der Waals surface area (Å²) in [4.78, 5) is 49.2. The summed E-state index contributed by atoms with van der Waals surface area (Å²) in [6.45, 7) is 5.05. The lowest BCUT2D eigenvalue weighted by molar-refractivity contribution is -0.134. The number of benzene rings is 1. The fourth-order valence-corrected chi connectivity index (χ4v) is 2.89. The molecule has 1 heterocycles. The highest BCUT2D eigenvalue weighted by atomic mass is 16.3. The lowest BCUT2D eigenvalue weighted by Crippen LogP contribution is -2.44. The average molecular weight is 414 g/mol. The van der Waals surface area contributed by atoms with Crippen molar-refractivity contribution in [2.45, 2.75) is 20.8 Å². The molecule has 0 saturated carbocycles. The van der Waals surface area contributed by atoms with Gasteiger partial charge in [-0.1, -0.05) is 17.7 Å². The van der Waals surface area contributed by atoms with Crippen LogP contribution in [0.25, 0.3) is 0 Å². The predicted molar refractivity (Wildman–Crippen MR) is 111 cm³/mol. The number of aryl methyl sites for hydroxylation is 3. The van der Waals surface area contributed by atoms with E-state index < -0.39 is 17.7 Å². The van der Waals surface area contributed by atoms with Crippen molar-refractivity contribution < 1.29 is 23.6 Å². The van der Waals surface area contributed by atoms with E-state index >= 15 is 0 Å². The van der Waals surface area contributed by atoms with E-state index in [0.717, 1.165) is 22.4 Å². The molecule has 4 amide bonds. The highest BCUT2D eigenvalue weighted by molar-refractivity contribution is 5.97. The molecule has 160 valence electrons. The van der Waals surface area contributed by atoms with Crippen LogP contribution in [-0.4, -0.2) is 55.2 Å². The molecule has 0 atom stereocenters. The minimum Gasteiger partial charge on any atom is -0.459 e. The second-order valence-corrected chi connectivity index (χ2v) is 7.01. The van der Waals surface area contributed by atoms with Crippen LogP contribution in [0.15, 0.2) is 34.9 Å². The van der Waals surface area contributed by atoms with Crippen LogP contribution in [0.3, 0.4) is 0 Å². The summed E-state index contributed by atoms with van der Waals surface area (Å²) in [7, 11) is 1.47. The van der Waals surface area contributed by atoms with Crippen LogP contribution < -0.4 is 16.0 Å². The van der Waals surface area contributed by atoms with Gasteiger partial charge < -0.3 is 25.3 Å². The fraction of sp³-hybridized carbons (Fsp3) is 0.333. The minimum absolute atomic E-state index is 0.0867. The molecule has 0 spiro atoms. The van der Waals surface area contributed by atoms with Crippen LogP contribution in [0.5, 0.6) is 0 Å². The van der Waals surface area contributed by atoms with Crippen LogP contribution in [0, 0.1) is 20.8 Å². The summed E-state index contributed by atoms with van der Waals surface area (Å²) in [5.41, 5.74) is 3.72. The summed E-state index contributed by atoms with van der Waals surface area (Å²) in [5.74, 6) is -1.75. The molecule has 9 nitrogen and oxygen atoms in total. The number of carbonyl (C=O) groups excluding carboxylic acids is 4. The SMILES string of the molecule is Cc1cc(C)c(NC(=O)CN(C)C(=O)CNC(=O)CNC(=O)c2ccco2)c(C)c1. The molecule has 0 aliphatic heterocycles. The molecule has 0 fully saturated rings. The summed E-state index contributed by atoms with van der Waals surface area (Å²) in [6.07, 6.45) is 1.35. The van der Waals surface area contributed by atoms with Gasteiger partial charge in [0, 0.05) is 12.7 Å². The van der Waals surface area contributed by atoms with E-state index in [0.29, 0.717) is 0 Å². The van der Waals surface area contributed by atoms with E-state index in [1.165, 1.54) is 24.3 Å². The maximum atomic E-state index is 12.3. The van der Waals surface area contributed by atoms with Crippen molar-refractivity contribution in [3.8, 4) is 0 Å². The number of furan rings is 1. The van der Waals surface area contributed by atoms with Gasteiger partial charge in [0.25, 0.3) is 5.91 Å². The Morgan fingerprint density at radius 2 is 1.63 bits per heavy atom. The number of hydrogen-bond acceptors (Lipinski definition) is 5. The smallest absolute Gasteiger partial charge is 0.287 e. The number of hydrogen-bond donors (Lipinski definition) is 3. The Labute approximate surface area is 174 Å². The highest BCUT2D eigenvalue weighted by Crippen LogP contribution is 2.21. The van der Waals surface area contributed by atoms with E-state index in [-0.39, 0.29) is 31.3 Å². The lowest BCUT2D eigenvalue weighted by atomic mass is 10.1. The standard InChI is InChI=1S/C21H26N4O5/c1-13-8-14(2)20(15(3)9-13)24-18(27)12-25(4)19(28)11-22-17(26)10-23-21(29)16-6-5-7-30-16/h5-9H,10-12H2,1-4H3,(H,22,26)(H,23,29)(H,24,27). The van der Waals surface area contributed by atoms with Gasteiger partial charge in [0.05, 0.1) is 25.9 Å². The van der Waals surface area contributed by atoms with E-state index in [4.69, 9.17) is 4.42 Å². The quantitative estimate of drug-likeness (QED) is 0.598. The molecular weight excluding hydrogens is 388 g/mol. The summed E-state index contributed by atoms with van der Waals surface area (Å²) in [6, 6.07) is 6.97. The zero-order valence-corrected chi connectivity index (χ0v) is 17.5. The van der Waals surface area contributed by atoms with E-state index in [1.54, 1.807) is 6.07 Å². The maximum absolute atomic E-state index is 12.3. The Balaban J connectivity index is 1.75.